The summed E-state index contributed by atoms with van der Waals surface area (Å²) in [4.78, 5) is 12.6. The minimum absolute atomic E-state index is 0.0283. The molecule has 3 nitrogen and oxygen atoms in total. The molecule has 0 radical (unpaired) electrons. The molecule has 0 saturated heterocycles. The van der Waals surface area contributed by atoms with Gasteiger partial charge in [-0.25, -0.2) is 0 Å². The first kappa shape index (κ1) is 16.9. The van der Waals surface area contributed by atoms with Gasteiger partial charge in [-0.05, 0) is 35.7 Å². The number of aryl methyl sites for hydroxylation is 1. The van der Waals surface area contributed by atoms with Crippen LogP contribution in [0.4, 0.5) is 5.69 Å². The van der Waals surface area contributed by atoms with Crippen LogP contribution in [-0.2, 0) is 11.2 Å². The number of pyridine rings is 1. The lowest BCUT2D eigenvalue weighted by Crippen LogP contribution is -2.44. The lowest BCUT2D eigenvalue weighted by Gasteiger charge is -2.10. The molecule has 1 heterocycles. The molecule has 1 amide bonds. The standard InChI is InChI=1S/C22H22N2O/c1-3-18-11-13-21(14-12-18)23-22(25)17(2)24-15-7-10-20(16-24)19-8-5-4-6-9-19/h4-17H,3H2,1-2H3/p+1/t17-/m1/s1. The quantitative estimate of drug-likeness (QED) is 0.691. The van der Waals surface area contributed by atoms with Crippen LogP contribution >= 0.6 is 0 Å². The maximum atomic E-state index is 12.6. The summed E-state index contributed by atoms with van der Waals surface area (Å²) >= 11 is 0. The van der Waals surface area contributed by atoms with Gasteiger partial charge >= 0.3 is 0 Å². The highest BCUT2D eigenvalue weighted by Gasteiger charge is 2.22. The van der Waals surface area contributed by atoms with E-state index >= 15 is 0 Å². The first-order valence-electron chi connectivity index (χ1n) is 8.63. The third kappa shape index (κ3) is 4.13. The van der Waals surface area contributed by atoms with Crippen LogP contribution in [0.5, 0.6) is 0 Å². The molecule has 0 unspecified atom stereocenters. The molecule has 1 N–H and O–H groups in total. The van der Waals surface area contributed by atoms with Gasteiger partial charge in [0.1, 0.15) is 0 Å². The summed E-state index contributed by atoms with van der Waals surface area (Å²) in [6.45, 7) is 4.02. The number of amides is 1. The molecule has 126 valence electrons. The van der Waals surface area contributed by atoms with E-state index in [4.69, 9.17) is 0 Å². The highest BCUT2D eigenvalue weighted by molar-refractivity contribution is 5.92. The normalized spacial score (nSPS) is 11.8. The van der Waals surface area contributed by atoms with Gasteiger partial charge in [0.2, 0.25) is 6.04 Å². The van der Waals surface area contributed by atoms with Gasteiger partial charge in [-0.2, -0.15) is 4.57 Å². The first-order chi connectivity index (χ1) is 12.2. The van der Waals surface area contributed by atoms with Crippen molar-refractivity contribution < 1.29 is 9.36 Å². The lowest BCUT2D eigenvalue weighted by molar-refractivity contribution is -0.705. The average molecular weight is 331 g/mol. The fraction of sp³-hybridized carbons (Fsp3) is 0.182. The number of anilines is 1. The Bertz CT molecular complexity index is 841. The van der Waals surface area contributed by atoms with E-state index in [-0.39, 0.29) is 11.9 Å². The van der Waals surface area contributed by atoms with Gasteiger partial charge in [0.15, 0.2) is 12.4 Å². The summed E-state index contributed by atoms with van der Waals surface area (Å²) in [6, 6.07) is 21.9. The average Bonchev–Trinajstić information content (AvgIpc) is 2.68. The molecule has 0 bridgehead atoms. The van der Waals surface area contributed by atoms with Crippen LogP contribution in [0.15, 0.2) is 79.1 Å². The second-order valence-corrected chi connectivity index (χ2v) is 6.12. The van der Waals surface area contributed by atoms with Gasteiger partial charge < -0.3 is 5.32 Å². The van der Waals surface area contributed by atoms with Gasteiger partial charge in [0, 0.05) is 24.2 Å². The molecule has 0 saturated carbocycles. The first-order valence-corrected chi connectivity index (χ1v) is 8.63. The number of nitrogens with zero attached hydrogens (tertiary/aromatic N) is 1. The van der Waals surface area contributed by atoms with Crippen molar-refractivity contribution in [3.8, 4) is 11.1 Å². The van der Waals surface area contributed by atoms with E-state index in [1.807, 2.05) is 72.4 Å². The van der Waals surface area contributed by atoms with Crippen LogP contribution < -0.4 is 9.88 Å². The Hall–Kier alpha value is -2.94. The summed E-state index contributed by atoms with van der Waals surface area (Å²) in [5, 5.41) is 2.99. The number of hydrogen-bond acceptors (Lipinski definition) is 1. The zero-order valence-corrected chi connectivity index (χ0v) is 14.6. The number of carbonyl (C=O) groups excluding carboxylic acids is 1. The molecule has 25 heavy (non-hydrogen) atoms. The Morgan fingerprint density at radius 1 is 0.960 bits per heavy atom. The summed E-state index contributed by atoms with van der Waals surface area (Å²) in [5.74, 6) is -0.0283. The van der Waals surface area contributed by atoms with Crippen LogP contribution in [-0.4, -0.2) is 5.91 Å². The molecule has 0 aliphatic heterocycles. The third-order valence-corrected chi connectivity index (χ3v) is 4.39. The van der Waals surface area contributed by atoms with E-state index in [9.17, 15) is 4.79 Å². The van der Waals surface area contributed by atoms with Gasteiger partial charge in [-0.3, -0.25) is 4.79 Å². The molecular weight excluding hydrogens is 308 g/mol. The zero-order valence-electron chi connectivity index (χ0n) is 14.6. The van der Waals surface area contributed by atoms with E-state index in [0.29, 0.717) is 0 Å². The van der Waals surface area contributed by atoms with Crippen molar-refractivity contribution in [2.75, 3.05) is 5.32 Å². The Labute approximate surface area is 149 Å². The maximum absolute atomic E-state index is 12.6. The lowest BCUT2D eigenvalue weighted by atomic mass is 10.1. The molecule has 3 heteroatoms. The van der Waals surface area contributed by atoms with Gasteiger partial charge in [-0.15, -0.1) is 0 Å². The molecule has 3 rings (SSSR count). The molecule has 0 aliphatic rings. The van der Waals surface area contributed by atoms with Crippen molar-refractivity contribution in [2.45, 2.75) is 26.3 Å². The summed E-state index contributed by atoms with van der Waals surface area (Å²) in [6.07, 6.45) is 4.93. The Balaban J connectivity index is 1.75. The molecule has 1 atom stereocenters. The maximum Gasteiger partial charge on any atom is 0.293 e. The van der Waals surface area contributed by atoms with Crippen LogP contribution in [0.1, 0.15) is 25.5 Å². The second kappa shape index (κ2) is 7.75. The van der Waals surface area contributed by atoms with Crippen molar-refractivity contribution >= 4 is 11.6 Å². The number of carbonyl (C=O) groups is 1. The Morgan fingerprint density at radius 3 is 2.32 bits per heavy atom. The van der Waals surface area contributed by atoms with E-state index in [1.54, 1.807) is 0 Å². The second-order valence-electron chi connectivity index (χ2n) is 6.12. The number of nitrogens with one attached hydrogen (secondary N) is 1. The van der Waals surface area contributed by atoms with Gasteiger partial charge in [0.05, 0.1) is 0 Å². The van der Waals surface area contributed by atoms with Crippen LogP contribution in [0.2, 0.25) is 0 Å². The minimum atomic E-state index is -0.297. The highest BCUT2D eigenvalue weighted by Crippen LogP contribution is 2.17. The number of rotatable bonds is 5. The van der Waals surface area contributed by atoms with Crippen LogP contribution in [0, 0.1) is 0 Å². The van der Waals surface area contributed by atoms with Crippen LogP contribution in [0.25, 0.3) is 11.1 Å². The minimum Gasteiger partial charge on any atom is -0.320 e. The number of benzene rings is 2. The highest BCUT2D eigenvalue weighted by atomic mass is 16.2. The third-order valence-electron chi connectivity index (χ3n) is 4.39. The Kier molecular flexibility index (Phi) is 5.24. The molecule has 0 fully saturated rings. The smallest absolute Gasteiger partial charge is 0.293 e. The van der Waals surface area contributed by atoms with E-state index in [0.717, 1.165) is 23.2 Å². The molecule has 1 aromatic heterocycles. The summed E-state index contributed by atoms with van der Waals surface area (Å²) in [5.41, 5.74) is 4.32. The van der Waals surface area contributed by atoms with E-state index in [2.05, 4.69) is 30.4 Å². The molecular formula is C22H23N2O+. The SMILES string of the molecule is CCc1ccc(NC(=O)[C@@H](C)[n+]2cccc(-c3ccccc3)c2)cc1. The number of hydrogen-bond donors (Lipinski definition) is 1. The fourth-order valence-corrected chi connectivity index (χ4v) is 2.74. The largest absolute Gasteiger partial charge is 0.320 e. The molecule has 0 spiro atoms. The molecule has 0 aliphatic carbocycles. The predicted molar refractivity (Wildman–Crippen MR) is 101 cm³/mol. The Morgan fingerprint density at radius 2 is 1.64 bits per heavy atom. The zero-order chi connectivity index (χ0) is 17.6. The van der Waals surface area contributed by atoms with Crippen molar-refractivity contribution in [2.24, 2.45) is 0 Å². The van der Waals surface area contributed by atoms with Crippen molar-refractivity contribution in [1.29, 1.82) is 0 Å². The predicted octanol–water partition coefficient (Wildman–Crippen LogP) is 4.40. The van der Waals surface area contributed by atoms with Crippen molar-refractivity contribution in [3.05, 3.63) is 84.7 Å². The topological polar surface area (TPSA) is 33.0 Å². The summed E-state index contributed by atoms with van der Waals surface area (Å²) < 4.78 is 1.94. The number of aromatic nitrogens is 1. The van der Waals surface area contributed by atoms with E-state index in [1.165, 1.54) is 5.56 Å². The summed E-state index contributed by atoms with van der Waals surface area (Å²) in [7, 11) is 0. The van der Waals surface area contributed by atoms with Gasteiger partial charge in [0.25, 0.3) is 5.91 Å². The van der Waals surface area contributed by atoms with Crippen molar-refractivity contribution in [3.63, 3.8) is 0 Å². The fourth-order valence-electron chi connectivity index (χ4n) is 2.74. The van der Waals surface area contributed by atoms with Crippen molar-refractivity contribution in [1.82, 2.24) is 0 Å². The van der Waals surface area contributed by atoms with Gasteiger partial charge in [-0.1, -0.05) is 49.4 Å². The molecule has 2 aromatic carbocycles. The van der Waals surface area contributed by atoms with E-state index < -0.39 is 0 Å². The molecule has 3 aromatic rings. The van der Waals surface area contributed by atoms with Crippen LogP contribution in [0.3, 0.4) is 0 Å². The monoisotopic (exact) mass is 331 g/mol.